The van der Waals surface area contributed by atoms with Crippen molar-refractivity contribution in [2.24, 2.45) is 5.92 Å². The highest BCUT2D eigenvalue weighted by molar-refractivity contribution is 5.22. The van der Waals surface area contributed by atoms with E-state index < -0.39 is 0 Å². The standard InChI is InChI=1S/C17H28N2O/c1-4-15(18-5-2)16-11-10-14(12-19-16)20-17-9-7-6-8-13(17)3/h10-13,15,17-18H,4-9H2,1-3H3. The molecule has 1 N–H and O–H groups in total. The number of nitrogens with zero attached hydrogens (tertiary/aromatic N) is 1. The molecule has 1 aliphatic rings. The fraction of sp³-hybridized carbons (Fsp3) is 0.706. The number of rotatable bonds is 6. The molecule has 0 aromatic carbocycles. The molecule has 3 unspecified atom stereocenters. The van der Waals surface area contributed by atoms with E-state index in [0.717, 1.165) is 24.4 Å². The van der Waals surface area contributed by atoms with Gasteiger partial charge in [0.15, 0.2) is 0 Å². The SMILES string of the molecule is CCNC(CC)c1ccc(OC2CCCCC2C)cn1. The van der Waals surface area contributed by atoms with Gasteiger partial charge >= 0.3 is 0 Å². The zero-order valence-electron chi connectivity index (χ0n) is 13.1. The van der Waals surface area contributed by atoms with Crippen LogP contribution in [-0.2, 0) is 0 Å². The molecule has 3 nitrogen and oxygen atoms in total. The van der Waals surface area contributed by atoms with E-state index in [2.05, 4.69) is 43.2 Å². The van der Waals surface area contributed by atoms with Crippen LogP contribution in [0.2, 0.25) is 0 Å². The molecule has 3 heteroatoms. The van der Waals surface area contributed by atoms with Crippen molar-refractivity contribution in [2.45, 2.75) is 65.0 Å². The molecule has 1 aromatic heterocycles. The topological polar surface area (TPSA) is 34.1 Å². The first-order valence-electron chi connectivity index (χ1n) is 8.10. The van der Waals surface area contributed by atoms with E-state index in [-0.39, 0.29) is 0 Å². The van der Waals surface area contributed by atoms with Gasteiger partial charge in [-0.1, -0.05) is 27.2 Å². The van der Waals surface area contributed by atoms with Crippen LogP contribution in [0.25, 0.3) is 0 Å². The number of hydrogen-bond donors (Lipinski definition) is 1. The lowest BCUT2D eigenvalue weighted by Gasteiger charge is -2.29. The third-order valence-electron chi connectivity index (χ3n) is 4.30. The maximum Gasteiger partial charge on any atom is 0.138 e. The summed E-state index contributed by atoms with van der Waals surface area (Å²) in [7, 11) is 0. The summed E-state index contributed by atoms with van der Waals surface area (Å²) >= 11 is 0. The summed E-state index contributed by atoms with van der Waals surface area (Å²) in [5, 5.41) is 3.45. The summed E-state index contributed by atoms with van der Waals surface area (Å²) in [5.74, 6) is 1.58. The van der Waals surface area contributed by atoms with Crippen LogP contribution in [0.4, 0.5) is 0 Å². The van der Waals surface area contributed by atoms with Crippen LogP contribution in [0.1, 0.15) is 64.6 Å². The van der Waals surface area contributed by atoms with E-state index >= 15 is 0 Å². The normalized spacial score (nSPS) is 24.4. The average molecular weight is 276 g/mol. The molecule has 2 rings (SSSR count). The van der Waals surface area contributed by atoms with Crippen molar-refractivity contribution in [3.63, 3.8) is 0 Å². The van der Waals surface area contributed by atoms with E-state index in [1.807, 2.05) is 6.20 Å². The maximum absolute atomic E-state index is 6.11. The fourth-order valence-electron chi connectivity index (χ4n) is 3.00. The molecule has 3 atom stereocenters. The van der Waals surface area contributed by atoms with E-state index in [0.29, 0.717) is 18.1 Å². The minimum absolute atomic E-state index is 0.350. The zero-order valence-corrected chi connectivity index (χ0v) is 13.1. The van der Waals surface area contributed by atoms with Gasteiger partial charge in [-0.05, 0) is 50.3 Å². The molecule has 0 radical (unpaired) electrons. The van der Waals surface area contributed by atoms with Gasteiger partial charge in [0.1, 0.15) is 11.9 Å². The van der Waals surface area contributed by atoms with Crippen LogP contribution in [0.15, 0.2) is 18.3 Å². The second-order valence-electron chi connectivity index (χ2n) is 5.86. The lowest BCUT2D eigenvalue weighted by Crippen LogP contribution is -2.28. The Balaban J connectivity index is 1.97. The summed E-state index contributed by atoms with van der Waals surface area (Å²) < 4.78 is 6.11. The molecule has 0 amide bonds. The molecular formula is C17H28N2O. The lowest BCUT2D eigenvalue weighted by atomic mass is 9.88. The van der Waals surface area contributed by atoms with Crippen molar-refractivity contribution in [3.8, 4) is 5.75 Å². The highest BCUT2D eigenvalue weighted by atomic mass is 16.5. The first kappa shape index (κ1) is 15.3. The minimum atomic E-state index is 0.350. The molecule has 1 saturated carbocycles. The van der Waals surface area contributed by atoms with Crippen LogP contribution < -0.4 is 10.1 Å². The van der Waals surface area contributed by atoms with Gasteiger partial charge in [0.2, 0.25) is 0 Å². The Morgan fingerprint density at radius 2 is 2.10 bits per heavy atom. The molecule has 20 heavy (non-hydrogen) atoms. The number of pyridine rings is 1. The number of nitrogens with one attached hydrogen (secondary N) is 1. The predicted molar refractivity (Wildman–Crippen MR) is 83.0 cm³/mol. The molecule has 0 saturated heterocycles. The summed E-state index contributed by atoms with van der Waals surface area (Å²) in [4.78, 5) is 4.57. The quantitative estimate of drug-likeness (QED) is 0.849. The smallest absolute Gasteiger partial charge is 0.138 e. The van der Waals surface area contributed by atoms with Crippen LogP contribution in [-0.4, -0.2) is 17.6 Å². The molecule has 1 heterocycles. The fourth-order valence-corrected chi connectivity index (χ4v) is 3.00. The third-order valence-corrected chi connectivity index (χ3v) is 4.30. The Bertz CT molecular complexity index is 390. The average Bonchev–Trinajstić information content (AvgIpc) is 2.48. The number of hydrogen-bond acceptors (Lipinski definition) is 3. The summed E-state index contributed by atoms with van der Waals surface area (Å²) in [6, 6.07) is 4.52. The Morgan fingerprint density at radius 3 is 2.70 bits per heavy atom. The lowest BCUT2D eigenvalue weighted by molar-refractivity contribution is 0.102. The van der Waals surface area contributed by atoms with Crippen molar-refractivity contribution in [2.75, 3.05) is 6.54 Å². The number of ether oxygens (including phenoxy) is 1. The Hall–Kier alpha value is -1.09. The summed E-state index contributed by atoms with van der Waals surface area (Å²) in [6.07, 6.45) is 8.41. The van der Waals surface area contributed by atoms with Crippen LogP contribution in [0.3, 0.4) is 0 Å². The Labute approximate surface area is 123 Å². The zero-order chi connectivity index (χ0) is 14.4. The van der Waals surface area contributed by atoms with E-state index in [1.165, 1.54) is 25.7 Å². The van der Waals surface area contributed by atoms with Crippen molar-refractivity contribution >= 4 is 0 Å². The Morgan fingerprint density at radius 1 is 1.30 bits per heavy atom. The van der Waals surface area contributed by atoms with Crippen LogP contribution in [0, 0.1) is 5.92 Å². The van der Waals surface area contributed by atoms with Gasteiger partial charge in [0.05, 0.1) is 11.9 Å². The minimum Gasteiger partial charge on any atom is -0.489 e. The van der Waals surface area contributed by atoms with Crippen molar-refractivity contribution in [1.82, 2.24) is 10.3 Å². The van der Waals surface area contributed by atoms with Gasteiger partial charge in [-0.25, -0.2) is 0 Å². The second kappa shape index (κ2) is 7.63. The van der Waals surface area contributed by atoms with Gasteiger partial charge < -0.3 is 10.1 Å². The summed E-state index contributed by atoms with van der Waals surface area (Å²) in [6.45, 7) is 7.58. The third kappa shape index (κ3) is 3.95. The molecule has 1 aliphatic carbocycles. The Kier molecular flexibility index (Phi) is 5.84. The monoisotopic (exact) mass is 276 g/mol. The molecule has 112 valence electrons. The van der Waals surface area contributed by atoms with E-state index in [4.69, 9.17) is 4.74 Å². The van der Waals surface area contributed by atoms with E-state index in [9.17, 15) is 0 Å². The number of aromatic nitrogens is 1. The first-order valence-corrected chi connectivity index (χ1v) is 8.10. The molecule has 1 aromatic rings. The van der Waals surface area contributed by atoms with Crippen molar-refractivity contribution in [3.05, 3.63) is 24.0 Å². The van der Waals surface area contributed by atoms with Crippen molar-refractivity contribution in [1.29, 1.82) is 0 Å². The van der Waals surface area contributed by atoms with Gasteiger partial charge in [-0.3, -0.25) is 4.98 Å². The van der Waals surface area contributed by atoms with Gasteiger partial charge in [-0.2, -0.15) is 0 Å². The van der Waals surface area contributed by atoms with Gasteiger partial charge in [0, 0.05) is 6.04 Å². The maximum atomic E-state index is 6.11. The summed E-state index contributed by atoms with van der Waals surface area (Å²) in [5.41, 5.74) is 1.11. The van der Waals surface area contributed by atoms with Crippen LogP contribution in [0.5, 0.6) is 5.75 Å². The van der Waals surface area contributed by atoms with E-state index in [1.54, 1.807) is 0 Å². The second-order valence-corrected chi connectivity index (χ2v) is 5.86. The molecule has 0 spiro atoms. The van der Waals surface area contributed by atoms with Crippen LogP contribution >= 0.6 is 0 Å². The van der Waals surface area contributed by atoms with Gasteiger partial charge in [0.25, 0.3) is 0 Å². The molecular weight excluding hydrogens is 248 g/mol. The molecule has 0 aliphatic heterocycles. The first-order chi connectivity index (χ1) is 9.74. The van der Waals surface area contributed by atoms with Crippen molar-refractivity contribution < 1.29 is 4.74 Å². The highest BCUT2D eigenvalue weighted by Gasteiger charge is 2.23. The molecule has 0 bridgehead atoms. The largest absolute Gasteiger partial charge is 0.489 e. The van der Waals surface area contributed by atoms with Gasteiger partial charge in [-0.15, -0.1) is 0 Å². The molecule has 1 fully saturated rings. The highest BCUT2D eigenvalue weighted by Crippen LogP contribution is 2.28. The predicted octanol–water partition coefficient (Wildman–Crippen LogP) is 4.10.